The first-order valence-electron chi connectivity index (χ1n) is 5.27. The quantitative estimate of drug-likeness (QED) is 0.364. The summed E-state index contributed by atoms with van der Waals surface area (Å²) in [6.45, 7) is 0.752. The van der Waals surface area contributed by atoms with E-state index in [-0.39, 0.29) is 19.0 Å². The summed E-state index contributed by atoms with van der Waals surface area (Å²) in [5.74, 6) is 0.883. The molecule has 6 nitrogen and oxygen atoms in total. The van der Waals surface area contributed by atoms with E-state index in [4.69, 9.17) is 16.3 Å². The van der Waals surface area contributed by atoms with Crippen molar-refractivity contribution in [1.29, 1.82) is 0 Å². The Morgan fingerprint density at radius 2 is 2.24 bits per heavy atom. The molecule has 0 aromatic heterocycles. The standard InChI is InChI=1S/C11H18N2O4/c1-3-6-12-8-10(14)13-9(11(15)16)5-4-7-17-2/h1,9,12H,4-8H2,2H3,(H,13,14)(H,15,16). The predicted octanol–water partition coefficient (Wildman–Crippen LogP) is -0.795. The first-order chi connectivity index (χ1) is 8.11. The monoisotopic (exact) mass is 242 g/mol. The number of hydrogen-bond donors (Lipinski definition) is 3. The number of aliphatic carboxylic acids is 1. The van der Waals surface area contributed by atoms with Crippen molar-refractivity contribution in [2.24, 2.45) is 0 Å². The second-order valence-electron chi connectivity index (χ2n) is 3.40. The number of rotatable bonds is 9. The third-order valence-electron chi connectivity index (χ3n) is 1.99. The van der Waals surface area contributed by atoms with Gasteiger partial charge in [0.1, 0.15) is 6.04 Å². The van der Waals surface area contributed by atoms with Gasteiger partial charge in [0, 0.05) is 13.7 Å². The van der Waals surface area contributed by atoms with Crippen LogP contribution in [0.2, 0.25) is 0 Å². The summed E-state index contributed by atoms with van der Waals surface area (Å²) in [5, 5.41) is 14.0. The molecule has 0 aliphatic rings. The van der Waals surface area contributed by atoms with Gasteiger partial charge in [-0.15, -0.1) is 6.42 Å². The summed E-state index contributed by atoms with van der Waals surface area (Å²) in [6.07, 6.45) is 5.91. The zero-order chi connectivity index (χ0) is 13.1. The van der Waals surface area contributed by atoms with E-state index < -0.39 is 12.0 Å². The molecule has 0 aliphatic carbocycles. The van der Waals surface area contributed by atoms with Crippen molar-refractivity contribution in [2.45, 2.75) is 18.9 Å². The molecule has 1 atom stereocenters. The molecule has 0 saturated heterocycles. The van der Waals surface area contributed by atoms with Crippen LogP contribution in [-0.2, 0) is 14.3 Å². The largest absolute Gasteiger partial charge is 0.480 e. The van der Waals surface area contributed by atoms with Crippen LogP contribution in [0.25, 0.3) is 0 Å². The van der Waals surface area contributed by atoms with Gasteiger partial charge in [-0.25, -0.2) is 4.79 Å². The normalized spacial score (nSPS) is 11.5. The van der Waals surface area contributed by atoms with Crippen LogP contribution in [0, 0.1) is 12.3 Å². The van der Waals surface area contributed by atoms with Crippen molar-refractivity contribution in [3.05, 3.63) is 0 Å². The molecule has 0 aromatic carbocycles. The Hall–Kier alpha value is -1.58. The lowest BCUT2D eigenvalue weighted by Gasteiger charge is -2.14. The van der Waals surface area contributed by atoms with E-state index in [0.717, 1.165) is 0 Å². The van der Waals surface area contributed by atoms with Gasteiger partial charge in [-0.1, -0.05) is 5.92 Å². The third kappa shape index (κ3) is 8.25. The Labute approximate surface area is 101 Å². The van der Waals surface area contributed by atoms with Gasteiger partial charge in [-0.3, -0.25) is 10.1 Å². The second-order valence-corrected chi connectivity index (χ2v) is 3.40. The summed E-state index contributed by atoms with van der Waals surface area (Å²) in [6, 6.07) is -0.884. The molecule has 96 valence electrons. The molecule has 0 aliphatic heterocycles. The molecule has 6 heteroatoms. The van der Waals surface area contributed by atoms with Crippen LogP contribution >= 0.6 is 0 Å². The fourth-order valence-electron chi connectivity index (χ4n) is 1.18. The average Bonchev–Trinajstić information content (AvgIpc) is 2.28. The van der Waals surface area contributed by atoms with Gasteiger partial charge in [0.05, 0.1) is 13.1 Å². The number of carboxylic acid groups (broad SMARTS) is 1. The minimum absolute atomic E-state index is 0.0122. The number of carbonyl (C=O) groups excluding carboxylic acids is 1. The first kappa shape index (κ1) is 15.4. The number of methoxy groups -OCH3 is 1. The molecule has 0 heterocycles. The van der Waals surface area contributed by atoms with Gasteiger partial charge in [0.25, 0.3) is 0 Å². The fourth-order valence-corrected chi connectivity index (χ4v) is 1.18. The lowest BCUT2D eigenvalue weighted by atomic mass is 10.1. The Morgan fingerprint density at radius 1 is 1.53 bits per heavy atom. The van der Waals surface area contributed by atoms with Gasteiger partial charge in [-0.05, 0) is 12.8 Å². The van der Waals surface area contributed by atoms with Crippen LogP contribution in [0.4, 0.5) is 0 Å². The summed E-state index contributed by atoms with van der Waals surface area (Å²) in [4.78, 5) is 22.2. The number of nitrogens with one attached hydrogen (secondary N) is 2. The number of ether oxygens (including phenoxy) is 1. The van der Waals surface area contributed by atoms with Gasteiger partial charge >= 0.3 is 5.97 Å². The number of carboxylic acids is 1. The third-order valence-corrected chi connectivity index (χ3v) is 1.99. The van der Waals surface area contributed by atoms with Crippen LogP contribution in [0.5, 0.6) is 0 Å². The molecule has 0 bridgehead atoms. The van der Waals surface area contributed by atoms with Crippen LogP contribution in [0.15, 0.2) is 0 Å². The smallest absolute Gasteiger partial charge is 0.326 e. The Kier molecular flexibility index (Phi) is 8.74. The van der Waals surface area contributed by atoms with Crippen molar-refractivity contribution in [3.63, 3.8) is 0 Å². The summed E-state index contributed by atoms with van der Waals surface area (Å²) < 4.78 is 4.82. The number of amides is 1. The number of hydrogen-bond acceptors (Lipinski definition) is 4. The molecule has 0 spiro atoms. The van der Waals surface area contributed by atoms with E-state index in [2.05, 4.69) is 16.6 Å². The predicted molar refractivity (Wildman–Crippen MR) is 62.4 cm³/mol. The van der Waals surface area contributed by atoms with Crippen molar-refractivity contribution < 1.29 is 19.4 Å². The molecule has 1 amide bonds. The van der Waals surface area contributed by atoms with Crippen molar-refractivity contribution in [2.75, 3.05) is 26.8 Å². The molecule has 1 unspecified atom stereocenters. The van der Waals surface area contributed by atoms with Crippen molar-refractivity contribution >= 4 is 11.9 Å². The molecule has 0 radical (unpaired) electrons. The maximum Gasteiger partial charge on any atom is 0.326 e. The molecule has 17 heavy (non-hydrogen) atoms. The van der Waals surface area contributed by atoms with E-state index in [1.165, 1.54) is 7.11 Å². The van der Waals surface area contributed by atoms with E-state index >= 15 is 0 Å². The first-order valence-corrected chi connectivity index (χ1v) is 5.27. The van der Waals surface area contributed by atoms with E-state index in [0.29, 0.717) is 19.4 Å². The maximum atomic E-state index is 11.3. The number of carbonyl (C=O) groups is 2. The fraction of sp³-hybridized carbons (Fsp3) is 0.636. The lowest BCUT2D eigenvalue weighted by molar-refractivity contribution is -0.142. The van der Waals surface area contributed by atoms with Crippen molar-refractivity contribution in [3.8, 4) is 12.3 Å². The second kappa shape index (κ2) is 9.63. The van der Waals surface area contributed by atoms with Crippen LogP contribution in [-0.4, -0.2) is 49.8 Å². The van der Waals surface area contributed by atoms with E-state index in [1.54, 1.807) is 0 Å². The summed E-state index contributed by atoms with van der Waals surface area (Å²) in [7, 11) is 1.54. The minimum Gasteiger partial charge on any atom is -0.480 e. The Balaban J connectivity index is 3.94. The average molecular weight is 242 g/mol. The Morgan fingerprint density at radius 3 is 2.76 bits per heavy atom. The molecular weight excluding hydrogens is 224 g/mol. The molecule has 3 N–H and O–H groups in total. The van der Waals surface area contributed by atoms with Gasteiger partial charge in [0.15, 0.2) is 0 Å². The topological polar surface area (TPSA) is 87.7 Å². The molecular formula is C11H18N2O4. The summed E-state index contributed by atoms with van der Waals surface area (Å²) >= 11 is 0. The van der Waals surface area contributed by atoms with Crippen LogP contribution in [0.3, 0.4) is 0 Å². The number of terminal acetylenes is 1. The molecule has 0 saturated carbocycles. The van der Waals surface area contributed by atoms with Crippen LogP contribution in [0.1, 0.15) is 12.8 Å². The highest BCUT2D eigenvalue weighted by Gasteiger charge is 2.18. The van der Waals surface area contributed by atoms with Gasteiger partial charge < -0.3 is 15.2 Å². The zero-order valence-electron chi connectivity index (χ0n) is 9.86. The van der Waals surface area contributed by atoms with E-state index in [9.17, 15) is 9.59 Å². The summed E-state index contributed by atoms with van der Waals surface area (Å²) in [5.41, 5.74) is 0. The van der Waals surface area contributed by atoms with E-state index in [1.807, 2.05) is 0 Å². The molecule has 0 rings (SSSR count). The van der Waals surface area contributed by atoms with Gasteiger partial charge in [-0.2, -0.15) is 0 Å². The lowest BCUT2D eigenvalue weighted by Crippen LogP contribution is -2.44. The van der Waals surface area contributed by atoms with Crippen molar-refractivity contribution in [1.82, 2.24) is 10.6 Å². The van der Waals surface area contributed by atoms with Crippen LogP contribution < -0.4 is 10.6 Å². The minimum atomic E-state index is -1.05. The highest BCUT2D eigenvalue weighted by molar-refractivity contribution is 5.84. The SMILES string of the molecule is C#CCNCC(=O)NC(CCCOC)C(=O)O. The highest BCUT2D eigenvalue weighted by atomic mass is 16.5. The zero-order valence-corrected chi connectivity index (χ0v) is 9.86. The Bertz CT molecular complexity index is 286. The highest BCUT2D eigenvalue weighted by Crippen LogP contribution is 1.98. The maximum absolute atomic E-state index is 11.3. The molecule has 0 aromatic rings. The van der Waals surface area contributed by atoms with Gasteiger partial charge in [0.2, 0.25) is 5.91 Å². The molecule has 0 fully saturated rings.